The summed E-state index contributed by atoms with van der Waals surface area (Å²) in [5.74, 6) is 0.145. The fourth-order valence-electron chi connectivity index (χ4n) is 4.88. The Hall–Kier alpha value is -4.60. The summed E-state index contributed by atoms with van der Waals surface area (Å²) in [4.78, 5) is 29.6. The van der Waals surface area contributed by atoms with Gasteiger partial charge in [0.15, 0.2) is 5.75 Å². The molecule has 1 saturated carbocycles. The number of hydrogen-bond donors (Lipinski definition) is 0. The van der Waals surface area contributed by atoms with Crippen molar-refractivity contribution < 1.29 is 18.8 Å². The van der Waals surface area contributed by atoms with Gasteiger partial charge in [0.2, 0.25) is 5.75 Å². The molecule has 200 valence electrons. The summed E-state index contributed by atoms with van der Waals surface area (Å²) in [5.41, 5.74) is 0.514. The van der Waals surface area contributed by atoms with Gasteiger partial charge in [-0.05, 0) is 37.1 Å². The Morgan fingerprint density at radius 3 is 2.62 bits per heavy atom. The summed E-state index contributed by atoms with van der Waals surface area (Å²) in [6, 6.07) is 16.0. The van der Waals surface area contributed by atoms with E-state index < -0.39 is 10.7 Å². The monoisotopic (exact) mass is 530 g/mol. The minimum Gasteiger partial charge on any atom is -0.493 e. The summed E-state index contributed by atoms with van der Waals surface area (Å²) in [7, 11) is 1.36. The van der Waals surface area contributed by atoms with Crippen molar-refractivity contribution in [3.63, 3.8) is 0 Å². The number of benzene rings is 3. The quantitative estimate of drug-likeness (QED) is 0.158. The minimum absolute atomic E-state index is 0.0819. The lowest BCUT2D eigenvalue weighted by Crippen LogP contribution is -2.25. The molecule has 9 nitrogen and oxygen atoms in total. The Labute approximate surface area is 223 Å². The van der Waals surface area contributed by atoms with Crippen LogP contribution in [0, 0.1) is 15.9 Å². The summed E-state index contributed by atoms with van der Waals surface area (Å²) < 4.78 is 26.4. The number of nitrogens with zero attached hydrogens (tertiary/aromatic N) is 4. The number of hydrogen-bond acceptors (Lipinski definition) is 7. The Kier molecular flexibility index (Phi) is 7.62. The fraction of sp³-hybridized carbons (Fsp3) is 0.276. The van der Waals surface area contributed by atoms with Crippen LogP contribution < -0.4 is 15.0 Å². The fourth-order valence-corrected chi connectivity index (χ4v) is 4.88. The first-order chi connectivity index (χ1) is 19.0. The zero-order chi connectivity index (χ0) is 27.4. The second kappa shape index (κ2) is 11.4. The van der Waals surface area contributed by atoms with Gasteiger partial charge in [0.05, 0.1) is 29.2 Å². The highest BCUT2D eigenvalue weighted by Crippen LogP contribution is 2.39. The standard InChI is InChI=1S/C29H27FN4O5/c1-38-26-16-19(15-25(34(36)37)27(26)39-18-21-11-5-7-13-23(21)30)17-31-33-28(20-9-3-2-4-10-20)32-24-14-8-6-12-22(24)29(33)35/h5-8,11-17,20H,2-4,9-10,18H2,1H3. The summed E-state index contributed by atoms with van der Waals surface area (Å²) in [6.07, 6.45) is 6.44. The van der Waals surface area contributed by atoms with Gasteiger partial charge in [-0.2, -0.15) is 9.78 Å². The predicted molar refractivity (Wildman–Crippen MR) is 145 cm³/mol. The molecule has 1 aliphatic rings. The van der Waals surface area contributed by atoms with Crippen molar-refractivity contribution in [3.8, 4) is 11.5 Å². The van der Waals surface area contributed by atoms with Gasteiger partial charge in [-0.15, -0.1) is 0 Å². The topological polar surface area (TPSA) is 109 Å². The lowest BCUT2D eigenvalue weighted by Gasteiger charge is -2.22. The molecule has 10 heteroatoms. The molecule has 0 atom stereocenters. The molecular weight excluding hydrogens is 503 g/mol. The molecule has 3 aromatic carbocycles. The van der Waals surface area contributed by atoms with Crippen LogP contribution in [0.3, 0.4) is 0 Å². The SMILES string of the molecule is COc1cc(C=Nn2c(C3CCCCC3)nc3ccccc3c2=O)cc([N+](=O)[O-])c1OCc1ccccc1F. The highest BCUT2D eigenvalue weighted by Gasteiger charge is 2.24. The number of nitro benzene ring substituents is 1. The van der Waals surface area contributed by atoms with Crippen molar-refractivity contribution in [2.24, 2.45) is 5.10 Å². The van der Waals surface area contributed by atoms with E-state index in [-0.39, 0.29) is 40.8 Å². The number of para-hydroxylation sites is 1. The van der Waals surface area contributed by atoms with Crippen molar-refractivity contribution >= 4 is 22.8 Å². The Balaban J connectivity index is 1.54. The van der Waals surface area contributed by atoms with E-state index in [9.17, 15) is 19.3 Å². The summed E-state index contributed by atoms with van der Waals surface area (Å²) >= 11 is 0. The van der Waals surface area contributed by atoms with Gasteiger partial charge in [0.1, 0.15) is 18.2 Å². The largest absolute Gasteiger partial charge is 0.493 e. The van der Waals surface area contributed by atoms with Gasteiger partial charge in [-0.3, -0.25) is 14.9 Å². The van der Waals surface area contributed by atoms with Gasteiger partial charge in [0, 0.05) is 23.1 Å². The van der Waals surface area contributed by atoms with Gasteiger partial charge in [-0.1, -0.05) is 49.6 Å². The van der Waals surface area contributed by atoms with Crippen molar-refractivity contribution in [3.05, 3.63) is 104 Å². The van der Waals surface area contributed by atoms with Crippen LogP contribution in [0.4, 0.5) is 10.1 Å². The predicted octanol–water partition coefficient (Wildman–Crippen LogP) is 5.96. The molecule has 0 spiro atoms. The van der Waals surface area contributed by atoms with E-state index in [1.54, 1.807) is 24.3 Å². The average molecular weight is 531 g/mol. The minimum atomic E-state index is -0.603. The Bertz CT molecular complexity index is 1610. The molecule has 0 bridgehead atoms. The lowest BCUT2D eigenvalue weighted by molar-refractivity contribution is -0.386. The van der Waals surface area contributed by atoms with Crippen LogP contribution in [0.15, 0.2) is 70.6 Å². The second-order valence-electron chi connectivity index (χ2n) is 9.39. The zero-order valence-corrected chi connectivity index (χ0v) is 21.4. The molecular formula is C29H27FN4O5. The van der Waals surface area contributed by atoms with Crippen molar-refractivity contribution in [1.82, 2.24) is 9.66 Å². The van der Waals surface area contributed by atoms with Crippen molar-refractivity contribution in [2.75, 3.05) is 7.11 Å². The van der Waals surface area contributed by atoms with Gasteiger partial charge >= 0.3 is 5.69 Å². The third-order valence-corrected chi connectivity index (χ3v) is 6.88. The van der Waals surface area contributed by atoms with Crippen LogP contribution in [-0.2, 0) is 6.61 Å². The number of halogens is 1. The van der Waals surface area contributed by atoms with Crippen LogP contribution >= 0.6 is 0 Å². The van der Waals surface area contributed by atoms with Crippen molar-refractivity contribution in [1.29, 1.82) is 0 Å². The molecule has 1 heterocycles. The second-order valence-corrected chi connectivity index (χ2v) is 9.39. The van der Waals surface area contributed by atoms with Crippen LogP contribution in [0.2, 0.25) is 0 Å². The summed E-state index contributed by atoms with van der Waals surface area (Å²) in [5, 5.41) is 16.8. The maximum atomic E-state index is 14.1. The number of aromatic nitrogens is 2. The molecule has 0 N–H and O–H groups in total. The Morgan fingerprint density at radius 2 is 1.87 bits per heavy atom. The van der Waals surface area contributed by atoms with E-state index >= 15 is 0 Å². The molecule has 39 heavy (non-hydrogen) atoms. The first-order valence-electron chi connectivity index (χ1n) is 12.7. The van der Waals surface area contributed by atoms with E-state index in [0.29, 0.717) is 22.3 Å². The smallest absolute Gasteiger partial charge is 0.315 e. The average Bonchev–Trinajstić information content (AvgIpc) is 2.96. The number of fused-ring (bicyclic) bond motifs is 1. The van der Waals surface area contributed by atoms with E-state index in [0.717, 1.165) is 32.1 Å². The maximum absolute atomic E-state index is 14.1. The van der Waals surface area contributed by atoms with E-state index in [4.69, 9.17) is 14.5 Å². The molecule has 0 saturated heterocycles. The molecule has 0 amide bonds. The molecule has 0 aliphatic heterocycles. The first kappa shape index (κ1) is 26.0. The van der Waals surface area contributed by atoms with E-state index in [2.05, 4.69) is 5.10 Å². The van der Waals surface area contributed by atoms with E-state index in [1.807, 2.05) is 12.1 Å². The maximum Gasteiger partial charge on any atom is 0.315 e. The number of nitro groups is 1. The van der Waals surface area contributed by atoms with Crippen LogP contribution in [0.25, 0.3) is 10.9 Å². The van der Waals surface area contributed by atoms with Crippen LogP contribution in [0.5, 0.6) is 11.5 Å². The van der Waals surface area contributed by atoms with Crippen LogP contribution in [-0.4, -0.2) is 27.9 Å². The first-order valence-corrected chi connectivity index (χ1v) is 12.7. The van der Waals surface area contributed by atoms with Gasteiger partial charge < -0.3 is 9.47 Å². The van der Waals surface area contributed by atoms with Gasteiger partial charge in [-0.25, -0.2) is 9.37 Å². The molecule has 1 aromatic heterocycles. The van der Waals surface area contributed by atoms with E-state index in [1.165, 1.54) is 42.3 Å². The Morgan fingerprint density at radius 1 is 1.13 bits per heavy atom. The molecule has 0 unspecified atom stereocenters. The zero-order valence-electron chi connectivity index (χ0n) is 21.4. The molecule has 4 aromatic rings. The third-order valence-electron chi connectivity index (χ3n) is 6.88. The third kappa shape index (κ3) is 5.50. The highest BCUT2D eigenvalue weighted by molar-refractivity contribution is 5.83. The van der Waals surface area contributed by atoms with Gasteiger partial charge in [0.25, 0.3) is 5.56 Å². The van der Waals surface area contributed by atoms with Crippen molar-refractivity contribution in [2.45, 2.75) is 44.6 Å². The number of rotatable bonds is 8. The van der Waals surface area contributed by atoms with Crippen LogP contribution in [0.1, 0.15) is 55.0 Å². The molecule has 1 fully saturated rings. The highest BCUT2D eigenvalue weighted by atomic mass is 19.1. The molecule has 0 radical (unpaired) electrons. The lowest BCUT2D eigenvalue weighted by atomic mass is 9.88. The normalized spacial score (nSPS) is 14.1. The molecule has 5 rings (SSSR count). The number of methoxy groups -OCH3 is 1. The molecule has 1 aliphatic carbocycles. The summed E-state index contributed by atoms with van der Waals surface area (Å²) in [6.45, 7) is -0.222. The number of ether oxygens (including phenoxy) is 2.